The normalized spacial score (nSPS) is 12.4. The molecule has 142 valence electrons. The number of thiophene rings is 1. The number of pyridine rings is 1. The number of aromatic nitrogens is 1. The SMILES string of the molecule is [2H]C(C)(C)c1ccnc(-c2cccc3c2sc2c(-c4ccccc4)c(C)ccc23)c1. The lowest BCUT2D eigenvalue weighted by molar-refractivity contribution is 0.864. The van der Waals surface area contributed by atoms with Gasteiger partial charge in [-0.15, -0.1) is 11.3 Å². The van der Waals surface area contributed by atoms with Gasteiger partial charge < -0.3 is 0 Å². The highest BCUT2D eigenvalue weighted by Gasteiger charge is 2.16. The van der Waals surface area contributed by atoms with Crippen molar-refractivity contribution in [1.29, 1.82) is 0 Å². The van der Waals surface area contributed by atoms with Gasteiger partial charge in [0.15, 0.2) is 0 Å². The van der Waals surface area contributed by atoms with Crippen molar-refractivity contribution in [2.45, 2.75) is 26.7 Å². The van der Waals surface area contributed by atoms with E-state index in [2.05, 4.69) is 78.6 Å². The zero-order valence-electron chi connectivity index (χ0n) is 17.9. The summed E-state index contributed by atoms with van der Waals surface area (Å²) in [6.45, 7) is 6.02. The lowest BCUT2D eigenvalue weighted by atomic mass is 9.97. The number of aryl methyl sites for hydroxylation is 1. The van der Waals surface area contributed by atoms with Crippen LogP contribution in [0.2, 0.25) is 0 Å². The molecule has 0 N–H and O–H groups in total. The van der Waals surface area contributed by atoms with E-state index in [4.69, 9.17) is 1.37 Å². The fourth-order valence-corrected chi connectivity index (χ4v) is 5.46. The molecule has 0 radical (unpaired) electrons. The van der Waals surface area contributed by atoms with E-state index in [9.17, 15) is 0 Å². The maximum atomic E-state index is 8.40. The summed E-state index contributed by atoms with van der Waals surface area (Å²) in [7, 11) is 0. The maximum Gasteiger partial charge on any atom is 0.0719 e. The highest BCUT2D eigenvalue weighted by molar-refractivity contribution is 7.26. The van der Waals surface area contributed by atoms with Gasteiger partial charge in [0.2, 0.25) is 0 Å². The van der Waals surface area contributed by atoms with Crippen LogP contribution >= 0.6 is 11.3 Å². The second-order valence-electron chi connectivity index (χ2n) is 7.71. The molecule has 0 saturated heterocycles. The molecular weight excluding hydrogens is 370 g/mol. The van der Waals surface area contributed by atoms with E-state index in [1.54, 1.807) is 0 Å². The van der Waals surface area contributed by atoms with Crippen LogP contribution < -0.4 is 0 Å². The lowest BCUT2D eigenvalue weighted by Crippen LogP contribution is -1.90. The molecular formula is C27H23NS. The fraction of sp³-hybridized carbons (Fsp3) is 0.148. The Morgan fingerprint density at radius 3 is 2.45 bits per heavy atom. The summed E-state index contributed by atoms with van der Waals surface area (Å²) in [5.41, 5.74) is 6.91. The summed E-state index contributed by atoms with van der Waals surface area (Å²) in [5, 5.41) is 2.56. The number of nitrogens with zero attached hydrogens (tertiary/aromatic N) is 1. The van der Waals surface area contributed by atoms with Crippen LogP contribution in [0.15, 0.2) is 79.0 Å². The van der Waals surface area contributed by atoms with Crippen molar-refractivity contribution < 1.29 is 1.37 Å². The maximum absolute atomic E-state index is 8.40. The molecule has 0 aliphatic heterocycles. The molecule has 5 rings (SSSR count). The van der Waals surface area contributed by atoms with Crippen molar-refractivity contribution in [1.82, 2.24) is 4.98 Å². The molecule has 0 fully saturated rings. The molecule has 2 heteroatoms. The average molecular weight is 395 g/mol. The molecule has 0 unspecified atom stereocenters. The van der Waals surface area contributed by atoms with Crippen LogP contribution in [-0.2, 0) is 0 Å². The predicted molar refractivity (Wildman–Crippen MR) is 127 cm³/mol. The van der Waals surface area contributed by atoms with Crippen LogP contribution in [0.1, 0.15) is 32.2 Å². The van der Waals surface area contributed by atoms with Crippen LogP contribution in [0.5, 0.6) is 0 Å². The molecule has 29 heavy (non-hydrogen) atoms. The highest BCUT2D eigenvalue weighted by atomic mass is 32.1. The van der Waals surface area contributed by atoms with Crippen molar-refractivity contribution in [3.8, 4) is 22.4 Å². The Hall–Kier alpha value is -2.97. The third-order valence-corrected chi connectivity index (χ3v) is 6.82. The van der Waals surface area contributed by atoms with Gasteiger partial charge >= 0.3 is 0 Å². The molecule has 2 aromatic heterocycles. The largest absolute Gasteiger partial charge is 0.256 e. The first-order chi connectivity index (χ1) is 14.4. The Morgan fingerprint density at radius 1 is 0.862 bits per heavy atom. The molecule has 0 amide bonds. The minimum atomic E-state index is -0.649. The Kier molecular flexibility index (Phi) is 4.16. The summed E-state index contributed by atoms with van der Waals surface area (Å²) in [6.07, 6.45) is 1.83. The fourth-order valence-electron chi connectivity index (χ4n) is 4.01. The second-order valence-corrected chi connectivity index (χ2v) is 8.73. The van der Waals surface area contributed by atoms with Crippen LogP contribution in [0.3, 0.4) is 0 Å². The van der Waals surface area contributed by atoms with E-state index in [-0.39, 0.29) is 0 Å². The number of rotatable bonds is 3. The molecule has 0 aliphatic rings. The minimum Gasteiger partial charge on any atom is -0.256 e. The van der Waals surface area contributed by atoms with Gasteiger partial charge in [0.1, 0.15) is 0 Å². The first-order valence-electron chi connectivity index (χ1n) is 10.4. The van der Waals surface area contributed by atoms with E-state index in [1.165, 1.54) is 36.9 Å². The van der Waals surface area contributed by atoms with E-state index in [1.807, 2.05) is 37.4 Å². The summed E-state index contributed by atoms with van der Waals surface area (Å²) in [5.74, 6) is -0.649. The van der Waals surface area contributed by atoms with Gasteiger partial charge in [0.05, 0.1) is 5.69 Å². The van der Waals surface area contributed by atoms with E-state index < -0.39 is 5.89 Å². The highest BCUT2D eigenvalue weighted by Crippen LogP contribution is 2.44. The molecule has 1 nitrogen and oxygen atoms in total. The Morgan fingerprint density at radius 2 is 1.66 bits per heavy atom. The molecule has 0 spiro atoms. The number of benzene rings is 3. The predicted octanol–water partition coefficient (Wildman–Crippen LogP) is 8.22. The smallest absolute Gasteiger partial charge is 0.0719 e. The van der Waals surface area contributed by atoms with Gasteiger partial charge in [-0.2, -0.15) is 0 Å². The van der Waals surface area contributed by atoms with Gasteiger partial charge in [-0.25, -0.2) is 0 Å². The van der Waals surface area contributed by atoms with E-state index in [0.29, 0.717) is 0 Å². The monoisotopic (exact) mass is 394 g/mol. The second kappa shape index (κ2) is 7.13. The third kappa shape index (κ3) is 3.04. The number of hydrogen-bond acceptors (Lipinski definition) is 2. The van der Waals surface area contributed by atoms with Crippen LogP contribution in [0, 0.1) is 6.92 Å². The quantitative estimate of drug-likeness (QED) is 0.300. The number of fused-ring (bicyclic) bond motifs is 3. The zero-order chi connectivity index (χ0) is 20.9. The topological polar surface area (TPSA) is 12.9 Å². The van der Waals surface area contributed by atoms with Gasteiger partial charge in [-0.05, 0) is 41.6 Å². The lowest BCUT2D eigenvalue weighted by Gasteiger charge is -2.08. The third-order valence-electron chi connectivity index (χ3n) is 5.55. The Bertz CT molecular complexity index is 1380. The van der Waals surface area contributed by atoms with Crippen molar-refractivity contribution in [2.24, 2.45) is 0 Å². The average Bonchev–Trinajstić information content (AvgIpc) is 3.12. The molecule has 0 saturated carbocycles. The van der Waals surface area contributed by atoms with Crippen LogP contribution in [-0.4, -0.2) is 4.98 Å². The Balaban J connectivity index is 1.80. The summed E-state index contributed by atoms with van der Waals surface area (Å²) >= 11 is 1.85. The van der Waals surface area contributed by atoms with Crippen molar-refractivity contribution in [3.05, 3.63) is 90.1 Å². The van der Waals surface area contributed by atoms with Crippen molar-refractivity contribution in [2.75, 3.05) is 0 Å². The molecule has 2 heterocycles. The van der Waals surface area contributed by atoms with Crippen molar-refractivity contribution >= 4 is 31.5 Å². The minimum absolute atomic E-state index is 0.649. The van der Waals surface area contributed by atoms with Gasteiger partial charge in [-0.3, -0.25) is 4.98 Å². The van der Waals surface area contributed by atoms with Gasteiger partial charge in [-0.1, -0.05) is 74.5 Å². The first-order valence-corrected chi connectivity index (χ1v) is 10.7. The zero-order valence-corrected chi connectivity index (χ0v) is 17.7. The van der Waals surface area contributed by atoms with E-state index in [0.717, 1.165) is 16.8 Å². The van der Waals surface area contributed by atoms with Crippen molar-refractivity contribution in [3.63, 3.8) is 0 Å². The standard InChI is InChI=1S/C27H23NS/c1-17(2)20-14-15-28-24(16-20)23-11-7-10-21-22-13-12-18(3)25(27(22)29-26(21)23)19-8-5-4-6-9-19/h4-17H,1-3H3/i17D. The van der Waals surface area contributed by atoms with Crippen LogP contribution in [0.25, 0.3) is 42.6 Å². The molecule has 3 aromatic carbocycles. The molecule has 0 atom stereocenters. The summed E-state index contributed by atoms with van der Waals surface area (Å²) < 4.78 is 11.0. The van der Waals surface area contributed by atoms with Gasteiger partial charge in [0.25, 0.3) is 0 Å². The van der Waals surface area contributed by atoms with E-state index >= 15 is 0 Å². The molecule has 0 bridgehead atoms. The molecule has 0 aliphatic carbocycles. The summed E-state index contributed by atoms with van der Waals surface area (Å²) in [4.78, 5) is 4.66. The van der Waals surface area contributed by atoms with Gasteiger partial charge in [0, 0.05) is 38.9 Å². The first kappa shape index (κ1) is 16.9. The molecule has 5 aromatic rings. The number of hydrogen-bond donors (Lipinski definition) is 0. The Labute approximate surface area is 177 Å². The summed E-state index contributed by atoms with van der Waals surface area (Å²) in [6, 6.07) is 25.6. The van der Waals surface area contributed by atoms with Crippen LogP contribution in [0.4, 0.5) is 0 Å².